The van der Waals surface area contributed by atoms with Crippen LogP contribution in [-0.4, -0.2) is 16.0 Å². The molecule has 0 bridgehead atoms. The molecule has 0 aliphatic carbocycles. The van der Waals surface area contributed by atoms with Crippen LogP contribution in [0.3, 0.4) is 0 Å². The topological polar surface area (TPSA) is 43.1 Å². The zero-order valence-corrected chi connectivity index (χ0v) is 10.7. The van der Waals surface area contributed by atoms with Gasteiger partial charge in [0.15, 0.2) is 0 Å². The molecule has 0 saturated carbocycles. The lowest BCUT2D eigenvalue weighted by atomic mass is 9.89. The molecule has 16 heavy (non-hydrogen) atoms. The second kappa shape index (κ2) is 5.06. The van der Waals surface area contributed by atoms with Crippen molar-refractivity contribution in [1.82, 2.24) is 0 Å². The van der Waals surface area contributed by atoms with Crippen molar-refractivity contribution in [2.24, 2.45) is 11.1 Å². The van der Waals surface area contributed by atoms with Crippen molar-refractivity contribution >= 4 is 10.8 Å². The largest absolute Gasteiger partial charge is 0.326 e. The molecule has 2 unspecified atom stereocenters. The first-order chi connectivity index (χ1) is 7.30. The summed E-state index contributed by atoms with van der Waals surface area (Å²) in [5, 5.41) is 0. The third kappa shape index (κ3) is 3.68. The summed E-state index contributed by atoms with van der Waals surface area (Å²) in [5.41, 5.74) is 5.88. The Morgan fingerprint density at radius 1 is 1.31 bits per heavy atom. The van der Waals surface area contributed by atoms with Gasteiger partial charge in [-0.1, -0.05) is 20.8 Å². The monoisotopic (exact) mass is 243 g/mol. The van der Waals surface area contributed by atoms with Crippen molar-refractivity contribution in [3.8, 4) is 0 Å². The standard InChI is InChI=1S/C12H18FNOS/c1-12(2,3)11(14)8-16(15)10-6-4-9(13)5-7-10/h4-7,11H,8,14H2,1-3H3. The molecule has 0 heterocycles. The van der Waals surface area contributed by atoms with Crippen LogP contribution < -0.4 is 5.73 Å². The van der Waals surface area contributed by atoms with Crippen LogP contribution in [0.2, 0.25) is 0 Å². The van der Waals surface area contributed by atoms with Gasteiger partial charge in [-0.3, -0.25) is 4.21 Å². The van der Waals surface area contributed by atoms with E-state index in [9.17, 15) is 8.60 Å². The van der Waals surface area contributed by atoms with Crippen molar-refractivity contribution in [2.75, 3.05) is 5.75 Å². The number of halogens is 1. The molecule has 0 aromatic heterocycles. The zero-order chi connectivity index (χ0) is 12.3. The van der Waals surface area contributed by atoms with Crippen molar-refractivity contribution in [3.63, 3.8) is 0 Å². The van der Waals surface area contributed by atoms with Crippen molar-refractivity contribution < 1.29 is 8.60 Å². The molecule has 1 rings (SSSR count). The second-order valence-electron chi connectivity index (χ2n) is 4.94. The van der Waals surface area contributed by atoms with Gasteiger partial charge >= 0.3 is 0 Å². The molecule has 0 aliphatic heterocycles. The second-order valence-corrected chi connectivity index (χ2v) is 6.43. The minimum atomic E-state index is -1.16. The Morgan fingerprint density at radius 2 is 1.81 bits per heavy atom. The Balaban J connectivity index is 2.70. The fourth-order valence-electron chi connectivity index (χ4n) is 1.10. The highest BCUT2D eigenvalue weighted by molar-refractivity contribution is 7.85. The summed E-state index contributed by atoms with van der Waals surface area (Å²) in [6.07, 6.45) is 0. The molecule has 0 spiro atoms. The lowest BCUT2D eigenvalue weighted by Crippen LogP contribution is -2.39. The molecule has 0 saturated heterocycles. The van der Waals surface area contributed by atoms with Crippen LogP contribution in [-0.2, 0) is 10.8 Å². The van der Waals surface area contributed by atoms with Crippen LogP contribution in [0, 0.1) is 11.2 Å². The highest BCUT2D eigenvalue weighted by Crippen LogP contribution is 2.19. The molecule has 0 fully saturated rings. The minimum absolute atomic E-state index is 0.0737. The van der Waals surface area contributed by atoms with Crippen LogP contribution in [0.5, 0.6) is 0 Å². The number of hydrogen-bond donors (Lipinski definition) is 1. The van der Waals surface area contributed by atoms with Gasteiger partial charge in [0.25, 0.3) is 0 Å². The Labute approximate surface area is 98.5 Å². The quantitative estimate of drug-likeness (QED) is 0.885. The third-order valence-electron chi connectivity index (χ3n) is 2.52. The Bertz CT molecular complexity index is 370. The van der Waals surface area contributed by atoms with Gasteiger partial charge in [-0.15, -0.1) is 0 Å². The van der Waals surface area contributed by atoms with E-state index in [4.69, 9.17) is 5.73 Å². The van der Waals surface area contributed by atoms with Crippen LogP contribution in [0.25, 0.3) is 0 Å². The molecule has 0 radical (unpaired) electrons. The van der Waals surface area contributed by atoms with Gasteiger partial charge < -0.3 is 5.73 Å². The van der Waals surface area contributed by atoms with Crippen molar-refractivity contribution in [1.29, 1.82) is 0 Å². The van der Waals surface area contributed by atoms with Gasteiger partial charge in [0, 0.05) is 16.7 Å². The first-order valence-corrected chi connectivity index (χ1v) is 6.52. The van der Waals surface area contributed by atoms with E-state index >= 15 is 0 Å². The number of benzene rings is 1. The highest BCUT2D eigenvalue weighted by Gasteiger charge is 2.23. The van der Waals surface area contributed by atoms with E-state index in [0.717, 1.165) is 0 Å². The summed E-state index contributed by atoms with van der Waals surface area (Å²) >= 11 is 0. The van der Waals surface area contributed by atoms with Crippen LogP contribution in [0.4, 0.5) is 4.39 Å². The molecule has 2 N–H and O–H groups in total. The van der Waals surface area contributed by atoms with E-state index in [1.807, 2.05) is 20.8 Å². The summed E-state index contributed by atoms with van der Waals surface area (Å²) in [4.78, 5) is 0.626. The maximum absolute atomic E-state index is 12.7. The zero-order valence-electron chi connectivity index (χ0n) is 9.87. The summed E-state index contributed by atoms with van der Waals surface area (Å²) in [6.45, 7) is 6.04. The Hall–Kier alpha value is -0.740. The summed E-state index contributed by atoms with van der Waals surface area (Å²) in [6, 6.07) is 5.58. The minimum Gasteiger partial charge on any atom is -0.326 e. The van der Waals surface area contributed by atoms with Gasteiger partial charge in [-0.05, 0) is 29.7 Å². The first-order valence-electron chi connectivity index (χ1n) is 5.20. The fraction of sp³-hybridized carbons (Fsp3) is 0.500. The van der Waals surface area contributed by atoms with Crippen LogP contribution >= 0.6 is 0 Å². The molecule has 0 amide bonds. The van der Waals surface area contributed by atoms with Crippen LogP contribution in [0.1, 0.15) is 20.8 Å². The first kappa shape index (κ1) is 13.3. The number of nitrogens with two attached hydrogens (primary N) is 1. The van der Waals surface area contributed by atoms with E-state index in [2.05, 4.69) is 0 Å². The molecule has 2 nitrogen and oxygen atoms in total. The van der Waals surface area contributed by atoms with Gasteiger partial charge in [0.1, 0.15) is 5.82 Å². The van der Waals surface area contributed by atoms with Crippen molar-refractivity contribution in [3.05, 3.63) is 30.1 Å². The lowest BCUT2D eigenvalue weighted by molar-refractivity contribution is 0.342. The maximum atomic E-state index is 12.7. The van der Waals surface area contributed by atoms with E-state index in [-0.39, 0.29) is 17.3 Å². The van der Waals surface area contributed by atoms with Gasteiger partial charge in [0.2, 0.25) is 0 Å². The predicted molar refractivity (Wildman–Crippen MR) is 65.1 cm³/mol. The molecule has 1 aromatic rings. The maximum Gasteiger partial charge on any atom is 0.123 e. The lowest BCUT2D eigenvalue weighted by Gasteiger charge is -2.26. The molecule has 1 aromatic carbocycles. The van der Waals surface area contributed by atoms with Crippen LogP contribution in [0.15, 0.2) is 29.2 Å². The third-order valence-corrected chi connectivity index (χ3v) is 3.98. The van der Waals surface area contributed by atoms with Gasteiger partial charge in [-0.2, -0.15) is 0 Å². The molecule has 0 aliphatic rings. The summed E-state index contributed by atoms with van der Waals surface area (Å²) in [7, 11) is -1.16. The molecule has 4 heteroatoms. The molecular weight excluding hydrogens is 225 g/mol. The molecule has 90 valence electrons. The van der Waals surface area contributed by atoms with E-state index in [0.29, 0.717) is 10.6 Å². The van der Waals surface area contributed by atoms with E-state index < -0.39 is 10.8 Å². The smallest absolute Gasteiger partial charge is 0.123 e. The number of rotatable bonds is 3. The average molecular weight is 243 g/mol. The fourth-order valence-corrected chi connectivity index (χ4v) is 2.55. The van der Waals surface area contributed by atoms with Gasteiger partial charge in [-0.25, -0.2) is 4.39 Å². The van der Waals surface area contributed by atoms with Crippen molar-refractivity contribution in [2.45, 2.75) is 31.7 Å². The van der Waals surface area contributed by atoms with Gasteiger partial charge in [0.05, 0.1) is 10.8 Å². The Morgan fingerprint density at radius 3 is 2.25 bits per heavy atom. The number of hydrogen-bond acceptors (Lipinski definition) is 2. The normalized spacial score (nSPS) is 15.8. The van der Waals surface area contributed by atoms with E-state index in [1.54, 1.807) is 12.1 Å². The summed E-state index contributed by atoms with van der Waals surface area (Å²) in [5.74, 6) is 0.0793. The molecule has 2 atom stereocenters. The highest BCUT2D eigenvalue weighted by atomic mass is 32.2. The predicted octanol–water partition coefficient (Wildman–Crippen LogP) is 2.31. The Kier molecular flexibility index (Phi) is 4.21. The molecular formula is C12H18FNOS. The average Bonchev–Trinajstić information content (AvgIpc) is 2.17. The van der Waals surface area contributed by atoms with E-state index in [1.165, 1.54) is 12.1 Å². The summed E-state index contributed by atoms with van der Waals surface area (Å²) < 4.78 is 24.6. The SMILES string of the molecule is CC(C)(C)C(N)CS(=O)c1ccc(F)cc1.